The molecule has 0 fully saturated rings. The summed E-state index contributed by atoms with van der Waals surface area (Å²) in [5, 5.41) is 0. The Bertz CT molecular complexity index is 161. The van der Waals surface area contributed by atoms with Crippen LogP contribution in [0.2, 0.25) is 0 Å². The number of hydrogen-bond donors (Lipinski definition) is 2. The molecule has 0 aromatic rings. The summed E-state index contributed by atoms with van der Waals surface area (Å²) in [7, 11) is 0. The first kappa shape index (κ1) is 30.5. The van der Waals surface area contributed by atoms with E-state index in [2.05, 4.69) is 0 Å². The monoisotopic (exact) mass is 294 g/mol. The van der Waals surface area contributed by atoms with Crippen LogP contribution in [0.25, 0.3) is 0 Å². The summed E-state index contributed by atoms with van der Waals surface area (Å²) in [4.78, 5) is 18.8. The number of rotatable bonds is 3. The maximum atomic E-state index is 9.40. The molecule has 0 aromatic carbocycles. The Morgan fingerprint density at radius 2 is 1.00 bits per heavy atom. The van der Waals surface area contributed by atoms with Crippen LogP contribution in [0.4, 0.5) is 0 Å². The third-order valence-electron chi connectivity index (χ3n) is 0.402. The fourth-order valence-electron chi connectivity index (χ4n) is 0.136. The molecule has 0 aromatic heterocycles. The van der Waals surface area contributed by atoms with E-state index in [4.69, 9.17) is 26.6 Å². The average Bonchev–Trinajstić information content (AvgIpc) is 1.98. The standard InChI is InChI=1S/C4H6O2.2Na.2H2O3S/c5-3-1-2-4-6;;;2*1-4(2)3/h3-4H,1-2H2;;;2*(H2,1,2,3)/q;2*+1;;/p-2. The molecule has 12 heteroatoms. The Labute approximate surface area is 142 Å². The summed E-state index contributed by atoms with van der Waals surface area (Å²) in [6, 6.07) is 0. The second-order valence-corrected chi connectivity index (χ2v) is 2.21. The van der Waals surface area contributed by atoms with Crippen LogP contribution in [0.5, 0.6) is 0 Å². The molecule has 2 atom stereocenters. The Morgan fingerprint density at radius 1 is 0.875 bits per heavy atom. The molecule has 0 radical (unpaired) electrons. The largest absolute Gasteiger partial charge is 1.00 e. The van der Waals surface area contributed by atoms with Crippen LogP contribution in [-0.2, 0) is 32.3 Å². The van der Waals surface area contributed by atoms with E-state index < -0.39 is 22.7 Å². The Kier molecular flexibility index (Phi) is 57.1. The van der Waals surface area contributed by atoms with Gasteiger partial charge in [0.05, 0.1) is 22.7 Å². The van der Waals surface area contributed by atoms with Gasteiger partial charge in [0, 0.05) is 12.8 Å². The van der Waals surface area contributed by atoms with Gasteiger partial charge in [0.25, 0.3) is 0 Å². The molecule has 86 valence electrons. The van der Waals surface area contributed by atoms with E-state index in [1.807, 2.05) is 0 Å². The van der Waals surface area contributed by atoms with Crippen LogP contribution in [0, 0.1) is 0 Å². The summed E-state index contributed by atoms with van der Waals surface area (Å²) < 4.78 is 48.2. The quantitative estimate of drug-likeness (QED) is 0.225. The van der Waals surface area contributed by atoms with Crippen molar-refractivity contribution in [2.24, 2.45) is 0 Å². The molecule has 2 N–H and O–H groups in total. The second-order valence-electron chi connectivity index (χ2n) is 1.34. The van der Waals surface area contributed by atoms with Crippen molar-refractivity contribution in [1.82, 2.24) is 0 Å². The van der Waals surface area contributed by atoms with Gasteiger partial charge in [-0.05, 0) is 0 Å². The maximum absolute atomic E-state index is 9.40. The summed E-state index contributed by atoms with van der Waals surface area (Å²) in [5.41, 5.74) is 0. The first-order valence-corrected chi connectivity index (χ1v) is 4.88. The second kappa shape index (κ2) is 30.0. The molecule has 8 nitrogen and oxygen atoms in total. The topological polar surface area (TPSA) is 155 Å². The Morgan fingerprint density at radius 3 is 1.06 bits per heavy atom. The molecule has 0 aliphatic rings. The van der Waals surface area contributed by atoms with Crippen molar-refractivity contribution in [3.05, 3.63) is 0 Å². The van der Waals surface area contributed by atoms with Gasteiger partial charge in [-0.25, -0.2) is 8.42 Å². The van der Waals surface area contributed by atoms with Crippen molar-refractivity contribution in [1.29, 1.82) is 0 Å². The average molecular weight is 294 g/mol. The minimum Gasteiger partial charge on any atom is -0.750 e. The Balaban J connectivity index is -0.0000000367. The van der Waals surface area contributed by atoms with Crippen molar-refractivity contribution in [3.8, 4) is 0 Å². The van der Waals surface area contributed by atoms with E-state index in [1.165, 1.54) is 0 Å². The summed E-state index contributed by atoms with van der Waals surface area (Å²) in [6.07, 6.45) is 2.19. The van der Waals surface area contributed by atoms with Gasteiger partial charge in [0.15, 0.2) is 0 Å². The van der Waals surface area contributed by atoms with Crippen molar-refractivity contribution in [3.63, 3.8) is 0 Å². The van der Waals surface area contributed by atoms with Crippen molar-refractivity contribution < 1.29 is 95.3 Å². The number of carbonyl (C=O) groups excluding carboxylic acids is 2. The molecular weight excluding hydrogens is 286 g/mol. The molecule has 0 saturated carbocycles. The maximum Gasteiger partial charge on any atom is 1.00 e. The van der Waals surface area contributed by atoms with Crippen LogP contribution >= 0.6 is 0 Å². The van der Waals surface area contributed by atoms with Gasteiger partial charge < -0.3 is 27.8 Å². The summed E-state index contributed by atoms with van der Waals surface area (Å²) >= 11 is -5.72. The van der Waals surface area contributed by atoms with E-state index >= 15 is 0 Å². The zero-order valence-electron chi connectivity index (χ0n) is 8.73. The molecule has 0 aliphatic carbocycles. The minimum atomic E-state index is -2.86. The minimum absolute atomic E-state index is 0. The van der Waals surface area contributed by atoms with E-state index in [-0.39, 0.29) is 59.1 Å². The molecule has 0 aliphatic heterocycles. The zero-order valence-corrected chi connectivity index (χ0v) is 14.4. The smallest absolute Gasteiger partial charge is 0.750 e. The fraction of sp³-hybridized carbons (Fsp3) is 0.500. The van der Waals surface area contributed by atoms with Crippen molar-refractivity contribution in [2.45, 2.75) is 12.8 Å². The fourth-order valence-corrected chi connectivity index (χ4v) is 0.136. The molecule has 0 saturated heterocycles. The SMILES string of the molecule is O=CCCC=O.O=S([O-])O.O=S([O-])O.[Na+].[Na+]. The molecule has 16 heavy (non-hydrogen) atoms. The normalized spacial score (nSPS) is 10.5. The van der Waals surface area contributed by atoms with Crippen LogP contribution < -0.4 is 59.1 Å². The molecule has 0 rings (SSSR count). The van der Waals surface area contributed by atoms with Crippen LogP contribution in [0.15, 0.2) is 0 Å². The molecule has 0 spiro atoms. The first-order valence-electron chi connectivity index (χ1n) is 2.82. The van der Waals surface area contributed by atoms with Crippen molar-refractivity contribution in [2.75, 3.05) is 0 Å². The van der Waals surface area contributed by atoms with Gasteiger partial charge in [-0.3, -0.25) is 0 Å². The molecular formula is C4H8Na2O8S2. The zero-order chi connectivity index (χ0) is 12.0. The van der Waals surface area contributed by atoms with Crippen molar-refractivity contribution >= 4 is 35.3 Å². The molecule has 0 heterocycles. The predicted molar refractivity (Wildman–Crippen MR) is 44.5 cm³/mol. The van der Waals surface area contributed by atoms with Gasteiger partial charge >= 0.3 is 59.1 Å². The molecule has 0 bridgehead atoms. The third kappa shape index (κ3) is 162. The van der Waals surface area contributed by atoms with Crippen LogP contribution in [0.1, 0.15) is 12.8 Å². The van der Waals surface area contributed by atoms with Gasteiger partial charge in [0.1, 0.15) is 12.6 Å². The van der Waals surface area contributed by atoms with E-state index in [9.17, 15) is 9.59 Å². The molecule has 0 amide bonds. The number of aldehydes is 2. The van der Waals surface area contributed by atoms with E-state index in [0.717, 1.165) is 12.6 Å². The summed E-state index contributed by atoms with van der Waals surface area (Å²) in [6.45, 7) is 0. The van der Waals surface area contributed by atoms with Gasteiger partial charge in [0.2, 0.25) is 0 Å². The Hall–Kier alpha value is 1.48. The number of hydrogen-bond acceptors (Lipinski definition) is 6. The van der Waals surface area contributed by atoms with Crippen LogP contribution in [-0.4, -0.2) is 39.2 Å². The first-order chi connectivity index (χ1) is 6.38. The predicted octanol–water partition coefficient (Wildman–Crippen LogP) is -7.15. The van der Waals surface area contributed by atoms with E-state index in [1.54, 1.807) is 0 Å². The van der Waals surface area contributed by atoms with Gasteiger partial charge in [-0.15, -0.1) is 0 Å². The van der Waals surface area contributed by atoms with E-state index in [0.29, 0.717) is 12.8 Å². The third-order valence-corrected chi connectivity index (χ3v) is 0.402. The number of unbranched alkanes of at least 4 members (excludes halogenated alkanes) is 1. The summed E-state index contributed by atoms with van der Waals surface area (Å²) in [5.74, 6) is 0. The van der Waals surface area contributed by atoms with Gasteiger partial charge in [-0.1, -0.05) is 0 Å². The van der Waals surface area contributed by atoms with Crippen LogP contribution in [0.3, 0.4) is 0 Å². The molecule has 2 unspecified atom stereocenters. The van der Waals surface area contributed by atoms with Gasteiger partial charge in [-0.2, -0.15) is 0 Å². The number of carbonyl (C=O) groups is 2.